The first-order valence-electron chi connectivity index (χ1n) is 10.7. The molecule has 0 aliphatic carbocycles. The van der Waals surface area contributed by atoms with E-state index in [1.807, 2.05) is 36.4 Å². The van der Waals surface area contributed by atoms with Crippen LogP contribution in [0, 0.1) is 0 Å². The number of rotatable bonds is 6. The molecular weight excluding hydrogens is 388 g/mol. The number of hydrogen-bond acceptors (Lipinski definition) is 4. The van der Waals surface area contributed by atoms with Crippen molar-refractivity contribution < 1.29 is 4.79 Å². The molecule has 1 aliphatic heterocycles. The molecule has 0 spiro atoms. The topological polar surface area (TPSA) is 68.4 Å². The van der Waals surface area contributed by atoms with Gasteiger partial charge >= 0.3 is 0 Å². The number of piperazine rings is 1. The van der Waals surface area contributed by atoms with Crippen molar-refractivity contribution in [2.24, 2.45) is 0 Å². The molecule has 2 N–H and O–H groups in total. The fraction of sp³-hybridized carbons (Fsp3) is 0.280. The van der Waals surface area contributed by atoms with Crippen molar-refractivity contribution in [1.29, 1.82) is 0 Å². The second-order valence-electron chi connectivity index (χ2n) is 7.90. The summed E-state index contributed by atoms with van der Waals surface area (Å²) in [6.45, 7) is 6.42. The zero-order chi connectivity index (χ0) is 21.6. The first-order valence-corrected chi connectivity index (χ1v) is 10.7. The largest absolute Gasteiger partial charge is 0.369 e. The summed E-state index contributed by atoms with van der Waals surface area (Å²) in [5.74, 6) is -0.337. The fourth-order valence-electron chi connectivity index (χ4n) is 3.96. The molecule has 160 valence electrons. The molecule has 4 rings (SSSR count). The van der Waals surface area contributed by atoms with Crippen LogP contribution in [0.5, 0.6) is 0 Å². The maximum absolute atomic E-state index is 12.6. The Morgan fingerprint density at radius 3 is 2.23 bits per heavy atom. The Morgan fingerprint density at radius 1 is 0.935 bits per heavy atom. The third kappa shape index (κ3) is 5.03. The lowest BCUT2D eigenvalue weighted by molar-refractivity contribution is 0.0933. The number of aromatic nitrogens is 1. The Balaban J connectivity index is 1.30. The number of H-pyrrole nitrogens is 1. The Morgan fingerprint density at radius 2 is 1.58 bits per heavy atom. The molecule has 1 amide bonds. The van der Waals surface area contributed by atoms with Gasteiger partial charge in [0.05, 0.1) is 0 Å². The van der Waals surface area contributed by atoms with Crippen LogP contribution in [0.2, 0.25) is 0 Å². The molecule has 2 aromatic carbocycles. The Kier molecular flexibility index (Phi) is 6.48. The van der Waals surface area contributed by atoms with Crippen LogP contribution in [0.15, 0.2) is 77.6 Å². The number of amides is 1. The number of benzene rings is 2. The summed E-state index contributed by atoms with van der Waals surface area (Å²) in [4.78, 5) is 32.6. The molecule has 0 bridgehead atoms. The normalized spacial score (nSPS) is 15.5. The molecule has 1 fully saturated rings. The molecule has 2 heterocycles. The molecule has 6 heteroatoms. The molecule has 1 unspecified atom stereocenters. The molecule has 6 nitrogen and oxygen atoms in total. The van der Waals surface area contributed by atoms with Gasteiger partial charge in [0, 0.05) is 50.1 Å². The van der Waals surface area contributed by atoms with Gasteiger partial charge in [-0.15, -0.1) is 0 Å². The standard InChI is InChI=1S/C25H28N4O2/c1-19(28-14-16-29(17-15-28)21-10-6-3-7-11-21)18-26-24(30)22-12-13-23(27-25(22)31)20-8-4-2-5-9-20/h2-13,19H,14-18H2,1H3,(H,26,30)(H,27,31). The smallest absolute Gasteiger partial charge is 0.261 e. The minimum Gasteiger partial charge on any atom is -0.369 e. The van der Waals surface area contributed by atoms with Crippen LogP contribution < -0.4 is 15.8 Å². The molecule has 31 heavy (non-hydrogen) atoms. The van der Waals surface area contributed by atoms with Crippen LogP contribution in [0.1, 0.15) is 17.3 Å². The first-order chi connectivity index (χ1) is 15.1. The number of para-hydroxylation sites is 1. The van der Waals surface area contributed by atoms with E-state index in [4.69, 9.17) is 0 Å². The summed E-state index contributed by atoms with van der Waals surface area (Å²) in [6, 6.07) is 23.6. The number of aromatic amines is 1. The average Bonchev–Trinajstić information content (AvgIpc) is 2.83. The van der Waals surface area contributed by atoms with Crippen molar-refractivity contribution >= 4 is 11.6 Å². The zero-order valence-corrected chi connectivity index (χ0v) is 17.8. The second kappa shape index (κ2) is 9.62. The van der Waals surface area contributed by atoms with Gasteiger partial charge in [-0.25, -0.2) is 0 Å². The van der Waals surface area contributed by atoms with Gasteiger partial charge in [0.1, 0.15) is 5.56 Å². The highest BCUT2D eigenvalue weighted by molar-refractivity contribution is 5.94. The highest BCUT2D eigenvalue weighted by atomic mass is 16.2. The van der Waals surface area contributed by atoms with E-state index in [9.17, 15) is 9.59 Å². The van der Waals surface area contributed by atoms with E-state index in [-0.39, 0.29) is 23.1 Å². The van der Waals surface area contributed by atoms with Crippen molar-refractivity contribution in [2.45, 2.75) is 13.0 Å². The van der Waals surface area contributed by atoms with E-state index in [1.165, 1.54) is 5.69 Å². The van der Waals surface area contributed by atoms with Gasteiger partial charge < -0.3 is 15.2 Å². The lowest BCUT2D eigenvalue weighted by Gasteiger charge is -2.39. The molecule has 1 aliphatic rings. The molecule has 0 saturated carbocycles. The minimum absolute atomic E-state index is 0.140. The van der Waals surface area contributed by atoms with Crippen LogP contribution in [0.25, 0.3) is 11.3 Å². The van der Waals surface area contributed by atoms with Gasteiger partial charge in [-0.3, -0.25) is 14.5 Å². The van der Waals surface area contributed by atoms with Crippen LogP contribution in [0.3, 0.4) is 0 Å². The minimum atomic E-state index is -0.372. The molecule has 1 atom stereocenters. The molecular formula is C25H28N4O2. The monoisotopic (exact) mass is 416 g/mol. The molecule has 3 aromatic rings. The average molecular weight is 417 g/mol. The van der Waals surface area contributed by atoms with E-state index < -0.39 is 0 Å². The third-order valence-electron chi connectivity index (χ3n) is 5.86. The van der Waals surface area contributed by atoms with Gasteiger partial charge in [0.15, 0.2) is 0 Å². The van der Waals surface area contributed by atoms with Crippen molar-refractivity contribution in [2.75, 3.05) is 37.6 Å². The summed E-state index contributed by atoms with van der Waals surface area (Å²) < 4.78 is 0. The maximum atomic E-state index is 12.6. The van der Waals surface area contributed by atoms with Crippen molar-refractivity contribution in [3.63, 3.8) is 0 Å². The van der Waals surface area contributed by atoms with E-state index in [0.717, 1.165) is 31.7 Å². The van der Waals surface area contributed by atoms with Gasteiger partial charge in [-0.05, 0) is 36.8 Å². The summed E-state index contributed by atoms with van der Waals surface area (Å²) >= 11 is 0. The summed E-state index contributed by atoms with van der Waals surface area (Å²) in [5, 5.41) is 2.92. The van der Waals surface area contributed by atoms with Crippen molar-refractivity contribution in [1.82, 2.24) is 15.2 Å². The highest BCUT2D eigenvalue weighted by Crippen LogP contribution is 2.17. The summed E-state index contributed by atoms with van der Waals surface area (Å²) in [6.07, 6.45) is 0. The predicted octanol–water partition coefficient (Wildman–Crippen LogP) is 2.98. The Labute approximate surface area is 182 Å². The van der Waals surface area contributed by atoms with Gasteiger partial charge in [-0.2, -0.15) is 0 Å². The number of nitrogens with one attached hydrogen (secondary N) is 2. The van der Waals surface area contributed by atoms with E-state index >= 15 is 0 Å². The number of carbonyl (C=O) groups is 1. The summed E-state index contributed by atoms with van der Waals surface area (Å²) in [5.41, 5.74) is 2.63. The molecule has 1 saturated heterocycles. The van der Waals surface area contributed by atoms with Gasteiger partial charge in [0.2, 0.25) is 0 Å². The SMILES string of the molecule is CC(CNC(=O)c1ccc(-c2ccccc2)[nH]c1=O)N1CCN(c2ccccc2)CC1. The third-order valence-corrected chi connectivity index (χ3v) is 5.86. The fourth-order valence-corrected chi connectivity index (χ4v) is 3.96. The van der Waals surface area contributed by atoms with E-state index in [1.54, 1.807) is 12.1 Å². The van der Waals surface area contributed by atoms with Crippen LogP contribution in [-0.2, 0) is 0 Å². The lowest BCUT2D eigenvalue weighted by atomic mass is 10.1. The second-order valence-corrected chi connectivity index (χ2v) is 7.90. The number of anilines is 1. The van der Waals surface area contributed by atoms with Crippen molar-refractivity contribution in [3.05, 3.63) is 88.7 Å². The lowest BCUT2D eigenvalue weighted by Crippen LogP contribution is -2.52. The Bertz CT molecular complexity index is 1060. The molecule has 1 aromatic heterocycles. The van der Waals surface area contributed by atoms with Crippen LogP contribution >= 0.6 is 0 Å². The predicted molar refractivity (Wildman–Crippen MR) is 125 cm³/mol. The van der Waals surface area contributed by atoms with Crippen LogP contribution in [-0.4, -0.2) is 54.6 Å². The van der Waals surface area contributed by atoms with Gasteiger partial charge in [-0.1, -0.05) is 48.5 Å². The van der Waals surface area contributed by atoms with Crippen LogP contribution in [0.4, 0.5) is 5.69 Å². The summed E-state index contributed by atoms with van der Waals surface area (Å²) in [7, 11) is 0. The first kappa shape index (κ1) is 20.9. The number of hydrogen-bond donors (Lipinski definition) is 2. The van der Waals surface area contributed by atoms with E-state index in [2.05, 4.69) is 51.3 Å². The highest BCUT2D eigenvalue weighted by Gasteiger charge is 2.22. The quantitative estimate of drug-likeness (QED) is 0.648. The number of nitrogens with zero attached hydrogens (tertiary/aromatic N) is 2. The molecule has 0 radical (unpaired) electrons. The Hall–Kier alpha value is -3.38. The number of pyridine rings is 1. The zero-order valence-electron chi connectivity index (χ0n) is 17.8. The maximum Gasteiger partial charge on any atom is 0.261 e. The van der Waals surface area contributed by atoms with E-state index in [0.29, 0.717) is 12.2 Å². The van der Waals surface area contributed by atoms with Crippen molar-refractivity contribution in [3.8, 4) is 11.3 Å². The number of carbonyl (C=O) groups excluding carboxylic acids is 1. The van der Waals surface area contributed by atoms with Gasteiger partial charge in [0.25, 0.3) is 11.5 Å².